The minimum Gasteiger partial charge on any atom is -0.497 e. The first-order chi connectivity index (χ1) is 13.4. The zero-order chi connectivity index (χ0) is 20.7. The van der Waals surface area contributed by atoms with Gasteiger partial charge in [0.1, 0.15) is 5.75 Å². The molecular weight excluding hydrogens is 375 g/mol. The van der Waals surface area contributed by atoms with E-state index >= 15 is 0 Å². The van der Waals surface area contributed by atoms with Gasteiger partial charge in [0.2, 0.25) is 0 Å². The third-order valence-corrected chi connectivity index (χ3v) is 6.83. The van der Waals surface area contributed by atoms with E-state index in [9.17, 15) is 5.11 Å². The van der Waals surface area contributed by atoms with Crippen molar-refractivity contribution < 1.29 is 24.1 Å². The Balaban J connectivity index is 2.60. The largest absolute Gasteiger partial charge is 0.497 e. The van der Waals surface area contributed by atoms with Crippen LogP contribution < -0.4 is 19.5 Å². The number of benzene rings is 2. The molecule has 3 unspecified atom stereocenters. The van der Waals surface area contributed by atoms with Crippen LogP contribution in [0.15, 0.2) is 36.4 Å². The lowest BCUT2D eigenvalue weighted by molar-refractivity contribution is 0.0479. The van der Waals surface area contributed by atoms with E-state index in [1.807, 2.05) is 30.3 Å². The minimum absolute atomic E-state index is 0.128. The van der Waals surface area contributed by atoms with Crippen molar-refractivity contribution in [3.8, 4) is 17.2 Å². The van der Waals surface area contributed by atoms with E-state index in [0.717, 1.165) is 22.9 Å². The van der Waals surface area contributed by atoms with Crippen LogP contribution >= 0.6 is 8.58 Å². The molecule has 0 aliphatic carbocycles. The molecule has 6 heteroatoms. The Morgan fingerprint density at radius 1 is 1.11 bits per heavy atom. The van der Waals surface area contributed by atoms with Gasteiger partial charge in [-0.25, -0.2) is 0 Å². The number of rotatable bonds is 10. The highest BCUT2D eigenvalue weighted by molar-refractivity contribution is 7.48. The van der Waals surface area contributed by atoms with Crippen LogP contribution in [0, 0.1) is 0 Å². The summed E-state index contributed by atoms with van der Waals surface area (Å²) in [5.74, 6) is 1.99. The molecule has 2 aromatic carbocycles. The van der Waals surface area contributed by atoms with Crippen molar-refractivity contribution in [2.45, 2.75) is 38.5 Å². The fourth-order valence-electron chi connectivity index (χ4n) is 3.14. The Kier molecular flexibility index (Phi) is 8.11. The molecule has 0 bridgehead atoms. The van der Waals surface area contributed by atoms with Crippen molar-refractivity contribution in [2.24, 2.45) is 0 Å². The second kappa shape index (κ2) is 10.1. The molecule has 3 atom stereocenters. The quantitative estimate of drug-likeness (QED) is 0.469. The van der Waals surface area contributed by atoms with E-state index in [1.165, 1.54) is 0 Å². The average molecular weight is 406 g/mol. The number of hydrogen-bond donors (Lipinski definition) is 1. The number of methoxy groups -OCH3 is 3. The van der Waals surface area contributed by atoms with Gasteiger partial charge in [-0.3, -0.25) is 0 Å². The predicted molar refractivity (Wildman–Crippen MR) is 115 cm³/mol. The van der Waals surface area contributed by atoms with E-state index < -0.39 is 6.10 Å². The maximum atomic E-state index is 10.2. The van der Waals surface area contributed by atoms with Crippen molar-refractivity contribution in [2.75, 3.05) is 28.1 Å². The molecule has 0 spiro atoms. The Labute approximate surface area is 169 Å². The van der Waals surface area contributed by atoms with Gasteiger partial charge in [0.15, 0.2) is 18.3 Å². The number of aliphatic hydroxyl groups excluding tert-OH is 1. The summed E-state index contributed by atoms with van der Waals surface area (Å²) in [5.41, 5.74) is 1.96. The zero-order valence-electron chi connectivity index (χ0n) is 17.5. The number of ether oxygens (including phenoxy) is 4. The maximum absolute atomic E-state index is 10.2. The fraction of sp³-hybridized carbons (Fsp3) is 0.455. The van der Waals surface area contributed by atoms with E-state index in [2.05, 4.69) is 19.9 Å². The van der Waals surface area contributed by atoms with Crippen LogP contribution in [-0.4, -0.2) is 33.2 Å². The SMILES string of the molecule is CCC(C)(Pc1ccccc1C(C)O)c1cc(OC)cc(OC)c1OCOC. The van der Waals surface area contributed by atoms with Crippen molar-refractivity contribution in [1.82, 2.24) is 0 Å². The van der Waals surface area contributed by atoms with Crippen molar-refractivity contribution in [3.05, 3.63) is 47.5 Å². The highest BCUT2D eigenvalue weighted by atomic mass is 31.1. The summed E-state index contributed by atoms with van der Waals surface area (Å²) < 4.78 is 22.1. The summed E-state index contributed by atoms with van der Waals surface area (Å²) in [6, 6.07) is 11.9. The highest BCUT2D eigenvalue weighted by Gasteiger charge is 2.32. The highest BCUT2D eigenvalue weighted by Crippen LogP contribution is 2.51. The first-order valence-corrected chi connectivity index (χ1v) is 10.3. The Morgan fingerprint density at radius 3 is 2.39 bits per heavy atom. The molecular formula is C22H31O5P. The lowest BCUT2D eigenvalue weighted by Gasteiger charge is -2.33. The fourth-order valence-corrected chi connectivity index (χ4v) is 4.85. The molecule has 1 N–H and O–H groups in total. The van der Waals surface area contributed by atoms with Gasteiger partial charge in [-0.15, -0.1) is 0 Å². The lowest BCUT2D eigenvalue weighted by atomic mass is 9.95. The lowest BCUT2D eigenvalue weighted by Crippen LogP contribution is -2.22. The summed E-state index contributed by atoms with van der Waals surface area (Å²) in [7, 11) is 5.27. The van der Waals surface area contributed by atoms with Crippen LogP contribution in [0.5, 0.6) is 17.2 Å². The monoisotopic (exact) mass is 406 g/mol. The molecule has 0 aliphatic rings. The molecule has 0 saturated carbocycles. The van der Waals surface area contributed by atoms with Crippen LogP contribution in [0.1, 0.15) is 44.4 Å². The predicted octanol–water partition coefficient (Wildman–Crippen LogP) is 4.37. The van der Waals surface area contributed by atoms with Gasteiger partial charge in [-0.05, 0) is 30.3 Å². The van der Waals surface area contributed by atoms with E-state index in [1.54, 1.807) is 28.3 Å². The standard InChI is InChI=1S/C22H31O5P/c1-7-22(3,28-20-11-9-8-10-17(20)15(2)23)18-12-16(25-5)13-19(26-6)21(18)27-14-24-4/h8-13,15,23,28H,7,14H2,1-6H3. The molecule has 0 amide bonds. The second-order valence-electron chi connectivity index (χ2n) is 6.83. The molecule has 154 valence electrons. The normalized spacial score (nSPS) is 14.7. The number of hydrogen-bond acceptors (Lipinski definition) is 5. The Hall–Kier alpha value is -1.81. The molecule has 2 aromatic rings. The topological polar surface area (TPSA) is 57.2 Å². The molecule has 0 saturated heterocycles. The van der Waals surface area contributed by atoms with Crippen LogP contribution in [0.2, 0.25) is 0 Å². The smallest absolute Gasteiger partial charge is 0.188 e. The van der Waals surface area contributed by atoms with E-state index in [0.29, 0.717) is 25.8 Å². The molecule has 0 aliphatic heterocycles. The second-order valence-corrected chi connectivity index (χ2v) is 8.72. The van der Waals surface area contributed by atoms with E-state index in [-0.39, 0.29) is 11.9 Å². The molecule has 0 fully saturated rings. The Morgan fingerprint density at radius 2 is 1.82 bits per heavy atom. The van der Waals surface area contributed by atoms with Gasteiger partial charge in [0, 0.05) is 23.9 Å². The average Bonchev–Trinajstić information content (AvgIpc) is 2.71. The van der Waals surface area contributed by atoms with Gasteiger partial charge < -0.3 is 24.1 Å². The molecule has 5 nitrogen and oxygen atoms in total. The number of aliphatic hydroxyl groups is 1. The first kappa shape index (κ1) is 22.5. The summed E-state index contributed by atoms with van der Waals surface area (Å²) in [4.78, 5) is 0. The summed E-state index contributed by atoms with van der Waals surface area (Å²) in [5, 5.41) is 11.1. The van der Waals surface area contributed by atoms with Crippen LogP contribution in [0.3, 0.4) is 0 Å². The third-order valence-electron chi connectivity index (χ3n) is 4.93. The van der Waals surface area contributed by atoms with Crippen molar-refractivity contribution >= 4 is 13.9 Å². The van der Waals surface area contributed by atoms with E-state index in [4.69, 9.17) is 18.9 Å². The summed E-state index contributed by atoms with van der Waals surface area (Å²) >= 11 is 0. The van der Waals surface area contributed by atoms with Gasteiger partial charge >= 0.3 is 0 Å². The van der Waals surface area contributed by atoms with Crippen molar-refractivity contribution in [3.63, 3.8) is 0 Å². The molecule has 0 heterocycles. The van der Waals surface area contributed by atoms with Gasteiger partial charge in [-0.1, -0.05) is 46.7 Å². The molecule has 0 radical (unpaired) electrons. The first-order valence-electron chi connectivity index (χ1n) is 9.33. The van der Waals surface area contributed by atoms with Gasteiger partial charge in [-0.2, -0.15) is 0 Å². The molecule has 28 heavy (non-hydrogen) atoms. The van der Waals surface area contributed by atoms with Crippen LogP contribution in [0.25, 0.3) is 0 Å². The maximum Gasteiger partial charge on any atom is 0.188 e. The third kappa shape index (κ3) is 4.96. The zero-order valence-corrected chi connectivity index (χ0v) is 18.5. The van der Waals surface area contributed by atoms with Crippen LogP contribution in [-0.2, 0) is 9.89 Å². The minimum atomic E-state index is -0.520. The molecule has 2 rings (SSSR count). The van der Waals surface area contributed by atoms with Crippen molar-refractivity contribution in [1.29, 1.82) is 0 Å². The van der Waals surface area contributed by atoms with Crippen LogP contribution in [0.4, 0.5) is 0 Å². The summed E-state index contributed by atoms with van der Waals surface area (Å²) in [6.45, 7) is 6.29. The van der Waals surface area contributed by atoms with Gasteiger partial charge in [0.25, 0.3) is 0 Å². The Bertz CT molecular complexity index is 778. The van der Waals surface area contributed by atoms with Gasteiger partial charge in [0.05, 0.1) is 20.3 Å². The molecule has 0 aromatic heterocycles. The summed E-state index contributed by atoms with van der Waals surface area (Å²) in [6.07, 6.45) is 0.355.